The molecule has 0 amide bonds. The molecule has 5 heteroatoms. The molecule has 0 saturated heterocycles. The van der Waals surface area contributed by atoms with Gasteiger partial charge in [0.05, 0.1) is 25.9 Å². The second-order valence-corrected chi connectivity index (χ2v) is 15.8. The Bertz CT molecular complexity index is 691. The van der Waals surface area contributed by atoms with E-state index < -0.39 is 19.8 Å². The number of rotatable bonds is 16. The lowest BCUT2D eigenvalue weighted by Gasteiger charge is -2.47. The maximum atomic E-state index is 11.3. The van der Waals surface area contributed by atoms with E-state index in [0.717, 1.165) is 11.3 Å². The van der Waals surface area contributed by atoms with E-state index in [4.69, 9.17) is 13.9 Å². The highest BCUT2D eigenvalue weighted by atomic mass is 28.4. The number of aliphatic hydroxyl groups is 1. The first-order valence-electron chi connectivity index (χ1n) is 12.3. The molecule has 0 fully saturated rings. The van der Waals surface area contributed by atoms with Crippen molar-refractivity contribution in [3.63, 3.8) is 0 Å². The maximum Gasteiger partial charge on any atom is 0.200 e. The molecule has 0 saturated carbocycles. The summed E-state index contributed by atoms with van der Waals surface area (Å²) in [6, 6.07) is 7.88. The lowest BCUT2D eigenvalue weighted by Crippen LogP contribution is -2.54. The van der Waals surface area contributed by atoms with Crippen molar-refractivity contribution in [2.45, 2.75) is 96.7 Å². The average Bonchev–Trinajstić information content (AvgIpc) is 2.76. The van der Waals surface area contributed by atoms with Gasteiger partial charge in [0, 0.05) is 12.0 Å². The SMILES string of the molecule is C=CC[C@@H](O)[C@@](C)(CO[Si](C(C)C)(C(C)C)C(C)C)[C@H](CC=C)OCc1ccc(OC)cc1. The van der Waals surface area contributed by atoms with Crippen LogP contribution in [0.3, 0.4) is 0 Å². The van der Waals surface area contributed by atoms with Crippen molar-refractivity contribution in [2.75, 3.05) is 13.7 Å². The second-order valence-electron chi connectivity index (χ2n) is 10.3. The number of hydrogen-bond donors (Lipinski definition) is 1. The Kier molecular flexibility index (Phi) is 12.1. The van der Waals surface area contributed by atoms with Gasteiger partial charge in [-0.15, -0.1) is 13.2 Å². The van der Waals surface area contributed by atoms with Crippen LogP contribution in [-0.4, -0.2) is 39.3 Å². The summed E-state index contributed by atoms with van der Waals surface area (Å²) in [7, 11) is -0.445. The fourth-order valence-electron chi connectivity index (χ4n) is 5.21. The van der Waals surface area contributed by atoms with E-state index in [1.165, 1.54) is 0 Å². The predicted molar refractivity (Wildman–Crippen MR) is 142 cm³/mol. The van der Waals surface area contributed by atoms with Crippen LogP contribution in [0.15, 0.2) is 49.6 Å². The Balaban J connectivity index is 3.24. The van der Waals surface area contributed by atoms with Gasteiger partial charge in [0.15, 0.2) is 8.32 Å². The summed E-state index contributed by atoms with van der Waals surface area (Å²) < 4.78 is 18.7. The van der Waals surface area contributed by atoms with Gasteiger partial charge >= 0.3 is 0 Å². The van der Waals surface area contributed by atoms with Crippen LogP contribution in [0, 0.1) is 5.41 Å². The largest absolute Gasteiger partial charge is 0.497 e. The van der Waals surface area contributed by atoms with E-state index in [1.54, 1.807) is 13.2 Å². The van der Waals surface area contributed by atoms with Crippen molar-refractivity contribution in [3.8, 4) is 5.75 Å². The van der Waals surface area contributed by atoms with Crippen LogP contribution in [0.5, 0.6) is 5.75 Å². The van der Waals surface area contributed by atoms with Crippen LogP contribution < -0.4 is 4.74 Å². The molecule has 0 aliphatic heterocycles. The molecule has 188 valence electrons. The third-order valence-corrected chi connectivity index (χ3v) is 13.3. The fourth-order valence-corrected chi connectivity index (χ4v) is 10.8. The number of aliphatic hydroxyl groups excluding tert-OH is 1. The number of benzene rings is 1. The van der Waals surface area contributed by atoms with Gasteiger partial charge in [0.2, 0.25) is 0 Å². The lowest BCUT2D eigenvalue weighted by molar-refractivity contribution is -0.117. The minimum atomic E-state index is -2.10. The molecule has 1 aromatic rings. The van der Waals surface area contributed by atoms with Gasteiger partial charge in [-0.25, -0.2) is 0 Å². The van der Waals surface area contributed by atoms with E-state index in [1.807, 2.05) is 30.3 Å². The van der Waals surface area contributed by atoms with Gasteiger partial charge in [-0.1, -0.05) is 72.8 Å². The first-order valence-corrected chi connectivity index (χ1v) is 14.4. The molecule has 1 N–H and O–H groups in total. The van der Waals surface area contributed by atoms with Crippen molar-refractivity contribution in [1.29, 1.82) is 0 Å². The molecule has 0 radical (unpaired) electrons. The summed E-state index contributed by atoms with van der Waals surface area (Å²) in [5.74, 6) is 0.818. The normalized spacial score (nSPS) is 16.0. The number of ether oxygens (including phenoxy) is 2. The minimum Gasteiger partial charge on any atom is -0.497 e. The Labute approximate surface area is 204 Å². The minimum absolute atomic E-state index is 0.245. The molecule has 0 spiro atoms. The van der Waals surface area contributed by atoms with Crippen LogP contribution in [0.25, 0.3) is 0 Å². The van der Waals surface area contributed by atoms with Crippen LogP contribution >= 0.6 is 0 Å². The van der Waals surface area contributed by atoms with E-state index in [9.17, 15) is 5.11 Å². The zero-order valence-electron chi connectivity index (χ0n) is 22.3. The topological polar surface area (TPSA) is 47.9 Å². The van der Waals surface area contributed by atoms with E-state index >= 15 is 0 Å². The highest BCUT2D eigenvalue weighted by molar-refractivity contribution is 6.77. The van der Waals surface area contributed by atoms with Crippen molar-refractivity contribution in [1.82, 2.24) is 0 Å². The van der Waals surface area contributed by atoms with Gasteiger partial charge < -0.3 is 19.0 Å². The van der Waals surface area contributed by atoms with Crippen molar-refractivity contribution < 1.29 is 19.0 Å². The molecule has 1 aromatic carbocycles. The second kappa shape index (κ2) is 13.5. The van der Waals surface area contributed by atoms with Crippen molar-refractivity contribution in [2.24, 2.45) is 5.41 Å². The van der Waals surface area contributed by atoms with E-state index in [-0.39, 0.29) is 6.10 Å². The van der Waals surface area contributed by atoms with Gasteiger partial charge in [0.1, 0.15) is 5.75 Å². The van der Waals surface area contributed by atoms with E-state index in [2.05, 4.69) is 61.6 Å². The quantitative estimate of drug-likeness (QED) is 0.201. The monoisotopic (exact) mass is 476 g/mol. The summed E-state index contributed by atoms with van der Waals surface area (Å²) in [6.07, 6.45) is 3.88. The molecule has 0 aliphatic rings. The first kappa shape index (κ1) is 29.6. The van der Waals surface area contributed by atoms with Gasteiger partial charge in [0.25, 0.3) is 0 Å². The van der Waals surface area contributed by atoms with Gasteiger partial charge in [-0.3, -0.25) is 0 Å². The molecule has 1 rings (SSSR count). The molecule has 0 heterocycles. The Morgan fingerprint density at radius 1 is 0.939 bits per heavy atom. The third kappa shape index (κ3) is 7.29. The molecule has 0 aromatic heterocycles. The third-order valence-electron chi connectivity index (χ3n) is 7.22. The Hall–Kier alpha value is -1.40. The number of methoxy groups -OCH3 is 1. The number of hydrogen-bond acceptors (Lipinski definition) is 4. The predicted octanol–water partition coefficient (Wildman–Crippen LogP) is 7.29. The molecule has 3 atom stereocenters. The summed E-state index contributed by atoms with van der Waals surface area (Å²) in [5, 5.41) is 11.3. The first-order chi connectivity index (χ1) is 15.5. The Morgan fingerprint density at radius 2 is 1.45 bits per heavy atom. The summed E-state index contributed by atoms with van der Waals surface area (Å²) >= 11 is 0. The van der Waals surface area contributed by atoms with Crippen LogP contribution in [-0.2, 0) is 15.8 Å². The molecule has 0 unspecified atom stereocenters. The molecule has 0 aliphatic carbocycles. The van der Waals surface area contributed by atoms with Gasteiger partial charge in [-0.05, 0) is 47.2 Å². The summed E-state index contributed by atoms with van der Waals surface area (Å²) in [6.45, 7) is 24.5. The van der Waals surface area contributed by atoms with E-state index in [0.29, 0.717) is 42.7 Å². The maximum absolute atomic E-state index is 11.3. The van der Waals surface area contributed by atoms with Crippen LogP contribution in [0.2, 0.25) is 16.6 Å². The molecule has 33 heavy (non-hydrogen) atoms. The zero-order chi connectivity index (χ0) is 25.2. The molecule has 0 bridgehead atoms. The van der Waals surface area contributed by atoms with Crippen LogP contribution in [0.4, 0.5) is 0 Å². The highest BCUT2D eigenvalue weighted by Crippen LogP contribution is 2.44. The molecular formula is C28H48O4Si. The van der Waals surface area contributed by atoms with Crippen molar-refractivity contribution >= 4 is 8.32 Å². The molecular weight excluding hydrogens is 428 g/mol. The summed E-state index contributed by atoms with van der Waals surface area (Å²) in [4.78, 5) is 0. The average molecular weight is 477 g/mol. The molecule has 4 nitrogen and oxygen atoms in total. The highest BCUT2D eigenvalue weighted by Gasteiger charge is 2.49. The standard InChI is InChI=1S/C28H48O4Si/c1-11-13-26(29)28(9,20-32-33(21(3)4,22(5)6)23(7)8)27(14-12-2)31-19-24-15-17-25(30-10)18-16-24/h11-12,15-18,21-23,26-27,29H,1-2,13-14,19-20H2,3-10H3/t26-,27+,28-/m1/s1. The zero-order valence-corrected chi connectivity index (χ0v) is 23.3. The Morgan fingerprint density at radius 3 is 1.88 bits per heavy atom. The van der Waals surface area contributed by atoms with Gasteiger partial charge in [-0.2, -0.15) is 0 Å². The lowest BCUT2D eigenvalue weighted by atomic mass is 9.76. The summed E-state index contributed by atoms with van der Waals surface area (Å²) in [5.41, 5.74) is 1.86. The van der Waals surface area contributed by atoms with Crippen molar-refractivity contribution in [3.05, 3.63) is 55.1 Å². The fraction of sp³-hybridized carbons (Fsp3) is 0.643. The van der Waals surface area contributed by atoms with Crippen LogP contribution in [0.1, 0.15) is 66.9 Å². The smallest absolute Gasteiger partial charge is 0.200 e.